The molecule has 0 bridgehead atoms. The fraction of sp³-hybridized carbons (Fsp3) is 0.556. The van der Waals surface area contributed by atoms with Gasteiger partial charge in [0.05, 0.1) is 5.69 Å². The van der Waals surface area contributed by atoms with Crippen LogP contribution in [0.3, 0.4) is 0 Å². The number of carboxylic acid groups (broad SMARTS) is 1. The molecule has 14 heavy (non-hydrogen) atoms. The third kappa shape index (κ3) is 1.63. The van der Waals surface area contributed by atoms with E-state index in [2.05, 4.69) is 5.10 Å². The van der Waals surface area contributed by atoms with Gasteiger partial charge in [-0.25, -0.2) is 4.79 Å². The van der Waals surface area contributed by atoms with E-state index in [0.29, 0.717) is 0 Å². The Morgan fingerprint density at radius 2 is 2.14 bits per heavy atom. The molecule has 1 atom stereocenters. The van der Waals surface area contributed by atoms with Crippen LogP contribution in [0.5, 0.6) is 0 Å². The third-order valence-corrected chi connectivity index (χ3v) is 2.49. The predicted molar refractivity (Wildman–Crippen MR) is 52.2 cm³/mol. The van der Waals surface area contributed by atoms with Gasteiger partial charge in [-0.15, -0.1) is 0 Å². The highest BCUT2D eigenvalue weighted by molar-refractivity contribution is 5.72. The summed E-state index contributed by atoms with van der Waals surface area (Å²) in [5.74, 6) is -0.946. The fourth-order valence-corrected chi connectivity index (χ4v) is 1.35. The highest BCUT2D eigenvalue weighted by Gasteiger charge is 2.21. The monoisotopic (exact) mass is 197 g/mol. The van der Waals surface area contributed by atoms with E-state index in [1.807, 2.05) is 20.8 Å². The molecule has 1 unspecified atom stereocenters. The number of aliphatic carboxylic acids is 1. The molecule has 1 aromatic heterocycles. The number of aromatic nitrogens is 2. The van der Waals surface area contributed by atoms with Crippen molar-refractivity contribution in [3.05, 3.63) is 17.0 Å². The molecule has 0 aliphatic carbocycles. The van der Waals surface area contributed by atoms with Crippen molar-refractivity contribution in [1.82, 2.24) is 9.78 Å². The van der Waals surface area contributed by atoms with Crippen molar-refractivity contribution in [3.8, 4) is 0 Å². The van der Waals surface area contributed by atoms with Crippen molar-refractivity contribution < 1.29 is 9.90 Å². The molecule has 0 spiro atoms. The zero-order valence-electron chi connectivity index (χ0n) is 8.61. The number of aryl methyl sites for hydroxylation is 1. The van der Waals surface area contributed by atoms with Gasteiger partial charge in [0.1, 0.15) is 0 Å². The number of carbonyl (C=O) groups is 1. The first-order valence-electron chi connectivity index (χ1n) is 4.44. The first-order valence-corrected chi connectivity index (χ1v) is 4.44. The number of hydrogen-bond donors (Lipinski definition) is 2. The van der Waals surface area contributed by atoms with Crippen LogP contribution >= 0.6 is 0 Å². The Bertz CT molecular complexity index is 357. The summed E-state index contributed by atoms with van der Waals surface area (Å²) in [4.78, 5) is 10.9. The number of carboxylic acids is 1. The summed E-state index contributed by atoms with van der Waals surface area (Å²) in [5.41, 5.74) is 8.12. The molecule has 5 nitrogen and oxygen atoms in total. The summed E-state index contributed by atoms with van der Waals surface area (Å²) in [7, 11) is 0. The Morgan fingerprint density at radius 3 is 2.43 bits per heavy atom. The number of rotatable bonds is 3. The Balaban J connectivity index is 3.17. The SMILES string of the molecule is Cc1nn(C(CN)C(=O)O)c(C)c1C. The van der Waals surface area contributed by atoms with E-state index in [1.54, 1.807) is 0 Å². The van der Waals surface area contributed by atoms with Gasteiger partial charge >= 0.3 is 5.97 Å². The average Bonchev–Trinajstić information content (AvgIpc) is 2.35. The van der Waals surface area contributed by atoms with Crippen LogP contribution in [0.2, 0.25) is 0 Å². The first-order chi connectivity index (χ1) is 6.49. The molecule has 3 N–H and O–H groups in total. The molecule has 0 radical (unpaired) electrons. The molecule has 0 saturated carbocycles. The highest BCUT2D eigenvalue weighted by Crippen LogP contribution is 2.15. The van der Waals surface area contributed by atoms with Gasteiger partial charge in [0.2, 0.25) is 0 Å². The van der Waals surface area contributed by atoms with Gasteiger partial charge in [0.25, 0.3) is 0 Å². The van der Waals surface area contributed by atoms with Crippen LogP contribution in [0.4, 0.5) is 0 Å². The molecule has 0 saturated heterocycles. The molecule has 0 aliphatic rings. The minimum absolute atomic E-state index is 0.0523. The predicted octanol–water partition coefficient (Wildman–Crippen LogP) is 0.393. The molecular formula is C9H15N3O2. The minimum atomic E-state index is -0.946. The van der Waals surface area contributed by atoms with Crippen LogP contribution in [-0.2, 0) is 4.79 Å². The lowest BCUT2D eigenvalue weighted by Crippen LogP contribution is -2.28. The first kappa shape index (κ1) is 10.7. The summed E-state index contributed by atoms with van der Waals surface area (Å²) in [6.45, 7) is 5.68. The summed E-state index contributed by atoms with van der Waals surface area (Å²) < 4.78 is 1.48. The van der Waals surface area contributed by atoms with Crippen LogP contribution < -0.4 is 5.73 Å². The zero-order valence-corrected chi connectivity index (χ0v) is 8.61. The second-order valence-electron chi connectivity index (χ2n) is 3.33. The van der Waals surface area contributed by atoms with Crippen LogP contribution in [0.25, 0.3) is 0 Å². The zero-order chi connectivity index (χ0) is 10.9. The number of nitrogens with zero attached hydrogens (tertiary/aromatic N) is 2. The van der Waals surface area contributed by atoms with Crippen LogP contribution in [0.15, 0.2) is 0 Å². The van der Waals surface area contributed by atoms with Crippen molar-refractivity contribution in [2.75, 3.05) is 6.54 Å². The minimum Gasteiger partial charge on any atom is -0.480 e. The van der Waals surface area contributed by atoms with Gasteiger partial charge in [0.15, 0.2) is 6.04 Å². The molecule has 0 aromatic carbocycles. The molecule has 1 rings (SSSR count). The van der Waals surface area contributed by atoms with Gasteiger partial charge < -0.3 is 10.8 Å². The maximum absolute atomic E-state index is 10.9. The van der Waals surface area contributed by atoms with E-state index in [4.69, 9.17) is 10.8 Å². The summed E-state index contributed by atoms with van der Waals surface area (Å²) in [6.07, 6.45) is 0. The number of nitrogens with two attached hydrogens (primary N) is 1. The lowest BCUT2D eigenvalue weighted by Gasteiger charge is -2.12. The molecule has 0 aliphatic heterocycles. The molecule has 0 amide bonds. The standard InChI is InChI=1S/C9H15N3O2/c1-5-6(2)11-12(7(5)3)8(4-10)9(13)14/h8H,4,10H2,1-3H3,(H,13,14). The molecule has 78 valence electrons. The van der Waals surface area contributed by atoms with Crippen LogP contribution in [-0.4, -0.2) is 27.4 Å². The molecule has 0 fully saturated rings. The topological polar surface area (TPSA) is 81.1 Å². The summed E-state index contributed by atoms with van der Waals surface area (Å²) in [6, 6.07) is -0.762. The molecule has 1 heterocycles. The van der Waals surface area contributed by atoms with Crippen molar-refractivity contribution in [1.29, 1.82) is 0 Å². The highest BCUT2D eigenvalue weighted by atomic mass is 16.4. The lowest BCUT2D eigenvalue weighted by atomic mass is 10.2. The van der Waals surface area contributed by atoms with E-state index >= 15 is 0 Å². The van der Waals surface area contributed by atoms with Crippen molar-refractivity contribution in [2.45, 2.75) is 26.8 Å². The lowest BCUT2D eigenvalue weighted by molar-refractivity contribution is -0.140. The van der Waals surface area contributed by atoms with E-state index in [1.165, 1.54) is 4.68 Å². The second-order valence-corrected chi connectivity index (χ2v) is 3.33. The van der Waals surface area contributed by atoms with Gasteiger partial charge in [-0.05, 0) is 26.3 Å². The number of hydrogen-bond acceptors (Lipinski definition) is 3. The smallest absolute Gasteiger partial charge is 0.329 e. The Hall–Kier alpha value is -1.36. The van der Waals surface area contributed by atoms with E-state index in [-0.39, 0.29) is 6.54 Å². The van der Waals surface area contributed by atoms with Crippen molar-refractivity contribution in [3.63, 3.8) is 0 Å². The van der Waals surface area contributed by atoms with E-state index < -0.39 is 12.0 Å². The van der Waals surface area contributed by atoms with Crippen molar-refractivity contribution >= 4 is 5.97 Å². The summed E-state index contributed by atoms with van der Waals surface area (Å²) >= 11 is 0. The second kappa shape index (κ2) is 3.79. The Labute approximate surface area is 82.5 Å². The quantitative estimate of drug-likeness (QED) is 0.734. The molecule has 5 heteroatoms. The fourth-order valence-electron chi connectivity index (χ4n) is 1.35. The van der Waals surface area contributed by atoms with E-state index in [0.717, 1.165) is 17.0 Å². The van der Waals surface area contributed by atoms with Crippen LogP contribution in [0.1, 0.15) is 23.0 Å². The normalized spacial score (nSPS) is 12.9. The van der Waals surface area contributed by atoms with E-state index in [9.17, 15) is 4.79 Å². The molecular weight excluding hydrogens is 182 g/mol. The van der Waals surface area contributed by atoms with Gasteiger partial charge in [-0.1, -0.05) is 0 Å². The van der Waals surface area contributed by atoms with Crippen molar-refractivity contribution in [2.24, 2.45) is 5.73 Å². The third-order valence-electron chi connectivity index (χ3n) is 2.49. The largest absolute Gasteiger partial charge is 0.480 e. The maximum Gasteiger partial charge on any atom is 0.329 e. The maximum atomic E-state index is 10.9. The Morgan fingerprint density at radius 1 is 1.57 bits per heavy atom. The van der Waals surface area contributed by atoms with Gasteiger partial charge in [-0.2, -0.15) is 5.10 Å². The van der Waals surface area contributed by atoms with Crippen LogP contribution in [0, 0.1) is 20.8 Å². The van der Waals surface area contributed by atoms with Gasteiger partial charge in [0, 0.05) is 12.2 Å². The summed E-state index contributed by atoms with van der Waals surface area (Å²) in [5, 5.41) is 13.1. The average molecular weight is 197 g/mol. The molecule has 1 aromatic rings. The Kier molecular flexibility index (Phi) is 2.90. The van der Waals surface area contributed by atoms with Gasteiger partial charge in [-0.3, -0.25) is 4.68 Å².